The summed E-state index contributed by atoms with van der Waals surface area (Å²) in [6.45, 7) is 5.97. The Balaban J connectivity index is 2.34. The van der Waals surface area contributed by atoms with Crippen molar-refractivity contribution in [3.8, 4) is 0 Å². The second-order valence-corrected chi connectivity index (χ2v) is 3.80. The van der Waals surface area contributed by atoms with Crippen LogP contribution < -0.4 is 10.6 Å². The van der Waals surface area contributed by atoms with Crippen molar-refractivity contribution in [3.63, 3.8) is 0 Å². The molecule has 2 N–H and O–H groups in total. The molecule has 0 aromatic carbocycles. The number of nitrogens with one attached hydrogen (secondary N) is 2. The maximum absolute atomic E-state index is 11.8. The second-order valence-electron chi connectivity index (χ2n) is 3.80. The van der Waals surface area contributed by atoms with Crippen LogP contribution in [0.25, 0.3) is 0 Å². The predicted octanol–water partition coefficient (Wildman–Crippen LogP) is 0.531. The quantitative estimate of drug-likeness (QED) is 0.639. The lowest BCUT2D eigenvalue weighted by Crippen LogP contribution is -2.47. The van der Waals surface area contributed by atoms with Gasteiger partial charge in [-0.15, -0.1) is 0 Å². The molecule has 0 bridgehead atoms. The number of aliphatic imine (C=N–C) groups is 1. The summed E-state index contributed by atoms with van der Waals surface area (Å²) in [7, 11) is 0. The maximum Gasteiger partial charge on any atom is 0.191 e. The number of rotatable bonds is 2. The number of hydrogen-bond acceptors (Lipinski definition) is 3. The Labute approximate surface area is 72.4 Å². The lowest BCUT2D eigenvalue weighted by Gasteiger charge is -2.29. The number of nitrogens with zero attached hydrogens (tertiary/aromatic N) is 1. The van der Waals surface area contributed by atoms with Gasteiger partial charge in [0.05, 0.1) is 0 Å². The van der Waals surface area contributed by atoms with Gasteiger partial charge in [-0.2, -0.15) is 0 Å². The van der Waals surface area contributed by atoms with Gasteiger partial charge in [0.15, 0.2) is 5.96 Å². The molecule has 0 radical (unpaired) electrons. The highest BCUT2D eigenvalue weighted by atomic mass is 19.1. The molecule has 12 heavy (non-hydrogen) atoms. The molecule has 0 saturated carbocycles. The minimum Gasteiger partial charge on any atom is -0.356 e. The van der Waals surface area contributed by atoms with Crippen LogP contribution in [-0.2, 0) is 0 Å². The molecule has 0 spiro atoms. The summed E-state index contributed by atoms with van der Waals surface area (Å²) in [5, 5.41) is 5.99. The summed E-state index contributed by atoms with van der Waals surface area (Å²) in [6, 6.07) is 0. The lowest BCUT2D eigenvalue weighted by molar-refractivity contribution is 0.357. The van der Waals surface area contributed by atoms with E-state index in [-0.39, 0.29) is 12.1 Å². The number of alkyl halides is 1. The third-order valence-corrected chi connectivity index (χ3v) is 1.79. The molecule has 3 nitrogen and oxygen atoms in total. The fourth-order valence-corrected chi connectivity index (χ4v) is 1.01. The molecule has 1 rings (SSSR count). The van der Waals surface area contributed by atoms with Crippen LogP contribution in [0.1, 0.15) is 13.8 Å². The van der Waals surface area contributed by atoms with E-state index in [0.717, 1.165) is 19.0 Å². The summed E-state index contributed by atoms with van der Waals surface area (Å²) in [5.41, 5.74) is 0.223. The highest BCUT2D eigenvalue weighted by Crippen LogP contribution is 2.15. The van der Waals surface area contributed by atoms with Crippen molar-refractivity contribution in [3.05, 3.63) is 0 Å². The van der Waals surface area contributed by atoms with E-state index in [1.807, 2.05) is 0 Å². The molecular formula is C8H16FN3. The van der Waals surface area contributed by atoms with Crippen LogP contribution in [0, 0.1) is 5.41 Å². The van der Waals surface area contributed by atoms with Crippen molar-refractivity contribution in [1.29, 1.82) is 0 Å². The van der Waals surface area contributed by atoms with Gasteiger partial charge >= 0.3 is 0 Å². The van der Waals surface area contributed by atoms with Crippen molar-refractivity contribution >= 4 is 5.96 Å². The van der Waals surface area contributed by atoms with E-state index in [4.69, 9.17) is 0 Å². The van der Waals surface area contributed by atoms with Crippen molar-refractivity contribution < 1.29 is 4.39 Å². The molecule has 1 heterocycles. The minimum atomic E-state index is -0.357. The van der Waals surface area contributed by atoms with Crippen molar-refractivity contribution in [1.82, 2.24) is 10.6 Å². The van der Waals surface area contributed by atoms with Crippen molar-refractivity contribution in [2.24, 2.45) is 10.4 Å². The Bertz CT molecular complexity index is 177. The highest BCUT2D eigenvalue weighted by molar-refractivity contribution is 5.80. The Morgan fingerprint density at radius 1 is 1.67 bits per heavy atom. The fourth-order valence-electron chi connectivity index (χ4n) is 1.01. The summed E-state index contributed by atoms with van der Waals surface area (Å²) in [5.74, 6) is 0.729. The molecule has 0 aliphatic carbocycles. The number of guanidine groups is 1. The lowest BCUT2D eigenvalue weighted by atomic mass is 9.93. The van der Waals surface area contributed by atoms with Crippen LogP contribution in [0.4, 0.5) is 4.39 Å². The van der Waals surface area contributed by atoms with Crippen molar-refractivity contribution in [2.75, 3.05) is 26.3 Å². The minimum absolute atomic E-state index is 0.223. The van der Waals surface area contributed by atoms with Gasteiger partial charge in [-0.1, -0.05) is 13.8 Å². The third kappa shape index (κ3) is 2.68. The molecule has 1 aliphatic heterocycles. The number of halogens is 1. The van der Waals surface area contributed by atoms with E-state index < -0.39 is 0 Å². The Kier molecular flexibility index (Phi) is 2.89. The molecule has 0 aromatic rings. The monoisotopic (exact) mass is 173 g/mol. The average Bonchev–Trinajstić information content (AvgIpc) is 2.03. The Morgan fingerprint density at radius 3 is 2.92 bits per heavy atom. The standard InChI is InChI=1S/C8H16FN3/c1-8(2)5-11-7(12-6-8)10-4-3-9/h3-6H2,1-2H3,(H2,10,11,12). The third-order valence-electron chi connectivity index (χ3n) is 1.79. The zero-order valence-electron chi connectivity index (χ0n) is 7.65. The molecule has 0 aromatic heterocycles. The van der Waals surface area contributed by atoms with Crippen molar-refractivity contribution in [2.45, 2.75) is 13.8 Å². The van der Waals surface area contributed by atoms with Gasteiger partial charge in [0.2, 0.25) is 0 Å². The van der Waals surface area contributed by atoms with Gasteiger partial charge in [-0.25, -0.2) is 4.39 Å². The van der Waals surface area contributed by atoms with Crippen LogP contribution in [0.3, 0.4) is 0 Å². The van der Waals surface area contributed by atoms with Gasteiger partial charge in [0.1, 0.15) is 6.67 Å². The van der Waals surface area contributed by atoms with E-state index in [2.05, 4.69) is 29.5 Å². The number of hydrogen-bond donors (Lipinski definition) is 2. The first-order chi connectivity index (χ1) is 5.64. The molecule has 1 aliphatic rings. The molecule has 70 valence electrons. The molecule has 0 saturated heterocycles. The van der Waals surface area contributed by atoms with Gasteiger partial charge in [0.25, 0.3) is 0 Å². The van der Waals surface area contributed by atoms with Crippen LogP contribution in [-0.4, -0.2) is 32.3 Å². The SMILES string of the molecule is CC1(C)CN=C(NCCF)NC1. The molecule has 0 unspecified atom stereocenters. The zero-order chi connectivity index (χ0) is 9.03. The topological polar surface area (TPSA) is 36.4 Å². The summed E-state index contributed by atoms with van der Waals surface area (Å²) < 4.78 is 11.8. The maximum atomic E-state index is 11.8. The zero-order valence-corrected chi connectivity index (χ0v) is 7.65. The fraction of sp³-hybridized carbons (Fsp3) is 0.875. The van der Waals surface area contributed by atoms with E-state index in [0.29, 0.717) is 6.54 Å². The van der Waals surface area contributed by atoms with Gasteiger partial charge in [0, 0.05) is 25.0 Å². The van der Waals surface area contributed by atoms with E-state index in [1.165, 1.54) is 0 Å². The predicted molar refractivity (Wildman–Crippen MR) is 48.1 cm³/mol. The average molecular weight is 173 g/mol. The summed E-state index contributed by atoms with van der Waals surface area (Å²) >= 11 is 0. The van der Waals surface area contributed by atoms with Crippen LogP contribution in [0.15, 0.2) is 4.99 Å². The first-order valence-corrected chi connectivity index (χ1v) is 4.22. The smallest absolute Gasteiger partial charge is 0.191 e. The first kappa shape index (κ1) is 9.29. The van der Waals surface area contributed by atoms with E-state index in [9.17, 15) is 4.39 Å². The molecule has 0 fully saturated rings. The van der Waals surface area contributed by atoms with Crippen LogP contribution in [0.5, 0.6) is 0 Å². The van der Waals surface area contributed by atoms with E-state index in [1.54, 1.807) is 0 Å². The van der Waals surface area contributed by atoms with Gasteiger partial charge in [-0.05, 0) is 0 Å². The summed E-state index contributed by atoms with van der Waals surface area (Å²) in [4.78, 5) is 4.25. The Hall–Kier alpha value is -0.800. The first-order valence-electron chi connectivity index (χ1n) is 4.22. The molecule has 0 amide bonds. The van der Waals surface area contributed by atoms with Crippen LogP contribution in [0.2, 0.25) is 0 Å². The van der Waals surface area contributed by atoms with Crippen LogP contribution >= 0.6 is 0 Å². The Morgan fingerprint density at radius 2 is 2.42 bits per heavy atom. The highest BCUT2D eigenvalue weighted by Gasteiger charge is 2.21. The second kappa shape index (κ2) is 3.74. The summed E-state index contributed by atoms with van der Waals surface area (Å²) in [6.07, 6.45) is 0. The van der Waals surface area contributed by atoms with E-state index >= 15 is 0 Å². The van der Waals surface area contributed by atoms with Gasteiger partial charge in [-0.3, -0.25) is 4.99 Å². The molecular weight excluding hydrogens is 157 g/mol. The normalized spacial score (nSPS) is 21.1. The largest absolute Gasteiger partial charge is 0.356 e. The van der Waals surface area contributed by atoms with Gasteiger partial charge < -0.3 is 10.6 Å². The molecule has 0 atom stereocenters. The molecule has 4 heteroatoms.